The summed E-state index contributed by atoms with van der Waals surface area (Å²) < 4.78 is 5.48. The fourth-order valence-corrected chi connectivity index (χ4v) is 3.69. The zero-order valence-corrected chi connectivity index (χ0v) is 15.9. The normalized spacial score (nSPS) is 18.9. The van der Waals surface area contributed by atoms with Gasteiger partial charge in [0.05, 0.1) is 16.5 Å². The number of likely N-dealkylation sites (tertiary alicyclic amines) is 1. The highest BCUT2D eigenvalue weighted by Gasteiger charge is 2.46. The molecular formula is C19H20Cl2N2O3. The molecule has 1 aromatic rings. The molecule has 1 saturated carbocycles. The van der Waals surface area contributed by atoms with Crippen LogP contribution in [-0.4, -0.2) is 36.3 Å². The summed E-state index contributed by atoms with van der Waals surface area (Å²) >= 11 is 11.9. The van der Waals surface area contributed by atoms with Gasteiger partial charge in [0.15, 0.2) is 6.61 Å². The van der Waals surface area contributed by atoms with Crippen molar-refractivity contribution in [2.75, 3.05) is 19.7 Å². The topological polar surface area (TPSA) is 70.4 Å². The number of nitriles is 1. The molecule has 0 spiro atoms. The Bertz CT molecular complexity index is 748. The van der Waals surface area contributed by atoms with Crippen LogP contribution in [0.3, 0.4) is 0 Å². The van der Waals surface area contributed by atoms with Crippen LogP contribution in [0.4, 0.5) is 0 Å². The van der Waals surface area contributed by atoms with Gasteiger partial charge in [-0.3, -0.25) is 9.59 Å². The maximum Gasteiger partial charge on any atom is 0.260 e. The first-order valence-electron chi connectivity index (χ1n) is 8.72. The molecule has 3 rings (SSSR count). The minimum absolute atomic E-state index is 0.0449. The summed E-state index contributed by atoms with van der Waals surface area (Å²) in [6.07, 6.45) is 3.32. The number of amides is 1. The lowest BCUT2D eigenvalue weighted by molar-refractivity contribution is -0.137. The van der Waals surface area contributed by atoms with Gasteiger partial charge in [-0.05, 0) is 43.9 Å². The quantitative estimate of drug-likeness (QED) is 0.733. The molecule has 26 heavy (non-hydrogen) atoms. The van der Waals surface area contributed by atoms with E-state index in [2.05, 4.69) is 6.07 Å². The molecule has 2 fully saturated rings. The maximum absolute atomic E-state index is 12.4. The Balaban J connectivity index is 1.45. The fourth-order valence-electron chi connectivity index (χ4n) is 3.23. The van der Waals surface area contributed by atoms with E-state index in [1.807, 2.05) is 0 Å². The van der Waals surface area contributed by atoms with Crippen LogP contribution >= 0.6 is 23.2 Å². The molecule has 1 aliphatic heterocycles. The van der Waals surface area contributed by atoms with Crippen LogP contribution in [0, 0.1) is 22.7 Å². The lowest BCUT2D eigenvalue weighted by Gasteiger charge is -2.31. The van der Waals surface area contributed by atoms with Gasteiger partial charge in [0.2, 0.25) is 0 Å². The average molecular weight is 395 g/mol. The number of hydrogen-bond acceptors (Lipinski definition) is 4. The molecule has 1 saturated heterocycles. The van der Waals surface area contributed by atoms with Crippen LogP contribution in [0.25, 0.3) is 0 Å². The monoisotopic (exact) mass is 394 g/mol. The number of halogens is 2. The zero-order valence-electron chi connectivity index (χ0n) is 14.3. The molecule has 0 N–H and O–H groups in total. The minimum atomic E-state index is -0.393. The van der Waals surface area contributed by atoms with E-state index >= 15 is 0 Å². The number of benzene rings is 1. The summed E-state index contributed by atoms with van der Waals surface area (Å²) in [6.45, 7) is 0.969. The number of carbonyl (C=O) groups excluding carboxylic acids is 2. The third-order valence-corrected chi connectivity index (χ3v) is 5.68. The van der Waals surface area contributed by atoms with Crippen LogP contribution in [0.5, 0.6) is 5.75 Å². The van der Waals surface area contributed by atoms with E-state index in [0.29, 0.717) is 48.1 Å². The first kappa shape index (κ1) is 19.0. The largest absolute Gasteiger partial charge is 0.482 e. The first-order chi connectivity index (χ1) is 12.4. The number of hydrogen-bond donors (Lipinski definition) is 0. The van der Waals surface area contributed by atoms with E-state index < -0.39 is 5.41 Å². The molecule has 0 atom stereocenters. The highest BCUT2D eigenvalue weighted by molar-refractivity contribution is 6.35. The van der Waals surface area contributed by atoms with E-state index in [9.17, 15) is 9.59 Å². The van der Waals surface area contributed by atoms with Crippen molar-refractivity contribution >= 4 is 34.9 Å². The number of ether oxygens (including phenoxy) is 1. The zero-order chi connectivity index (χ0) is 18.7. The van der Waals surface area contributed by atoms with Crippen molar-refractivity contribution in [3.05, 3.63) is 28.2 Å². The van der Waals surface area contributed by atoms with Crippen LogP contribution in [0.2, 0.25) is 10.0 Å². The standard InChI is InChI=1S/C19H20Cl2N2O3/c20-14-1-2-17(15(21)9-14)26-11-18(25)23-7-3-13(4-8-23)16(24)10-19(12-22)5-6-19/h1-2,9,13H,3-8,10-11H2. The average Bonchev–Trinajstić information content (AvgIpc) is 3.41. The van der Waals surface area contributed by atoms with Gasteiger partial charge in [-0.2, -0.15) is 5.26 Å². The molecule has 0 bridgehead atoms. The second-order valence-corrected chi connectivity index (χ2v) is 7.90. The number of nitrogens with zero attached hydrogens (tertiary/aromatic N) is 2. The molecule has 2 aliphatic rings. The predicted octanol–water partition coefficient (Wildman–Crippen LogP) is 3.87. The Kier molecular flexibility index (Phi) is 5.74. The van der Waals surface area contributed by atoms with Gasteiger partial charge < -0.3 is 9.64 Å². The van der Waals surface area contributed by atoms with Crippen molar-refractivity contribution in [1.29, 1.82) is 5.26 Å². The van der Waals surface area contributed by atoms with Gasteiger partial charge in [-0.25, -0.2) is 0 Å². The summed E-state index contributed by atoms with van der Waals surface area (Å²) in [7, 11) is 0. The molecular weight excluding hydrogens is 375 g/mol. The minimum Gasteiger partial charge on any atom is -0.482 e. The molecule has 5 nitrogen and oxygen atoms in total. The van der Waals surface area contributed by atoms with Gasteiger partial charge >= 0.3 is 0 Å². The number of Topliss-reactive ketones (excluding diaryl/α,β-unsaturated/α-hetero) is 1. The number of ketones is 1. The lowest BCUT2D eigenvalue weighted by Crippen LogP contribution is -2.42. The van der Waals surface area contributed by atoms with Gasteiger partial charge in [0, 0.05) is 30.5 Å². The van der Waals surface area contributed by atoms with E-state index in [0.717, 1.165) is 12.8 Å². The number of rotatable bonds is 6. The molecule has 1 amide bonds. The van der Waals surface area contributed by atoms with Crippen LogP contribution < -0.4 is 4.74 Å². The Morgan fingerprint density at radius 2 is 1.96 bits per heavy atom. The van der Waals surface area contributed by atoms with Gasteiger partial charge in [-0.1, -0.05) is 23.2 Å². The van der Waals surface area contributed by atoms with Crippen molar-refractivity contribution < 1.29 is 14.3 Å². The summed E-state index contributed by atoms with van der Waals surface area (Å²) in [5.74, 6) is 0.412. The van der Waals surface area contributed by atoms with Crippen LogP contribution in [-0.2, 0) is 9.59 Å². The van der Waals surface area contributed by atoms with Gasteiger partial charge in [0.1, 0.15) is 11.5 Å². The highest BCUT2D eigenvalue weighted by Crippen LogP contribution is 2.49. The third-order valence-electron chi connectivity index (χ3n) is 5.15. The summed E-state index contributed by atoms with van der Waals surface area (Å²) in [6, 6.07) is 7.11. The summed E-state index contributed by atoms with van der Waals surface area (Å²) in [5.41, 5.74) is -0.393. The smallest absolute Gasteiger partial charge is 0.260 e. The Morgan fingerprint density at radius 1 is 1.27 bits per heavy atom. The second-order valence-electron chi connectivity index (χ2n) is 7.05. The van der Waals surface area contributed by atoms with Crippen molar-refractivity contribution in [2.24, 2.45) is 11.3 Å². The van der Waals surface area contributed by atoms with E-state index in [1.165, 1.54) is 0 Å². The van der Waals surface area contributed by atoms with Crippen molar-refractivity contribution in [3.8, 4) is 11.8 Å². The van der Waals surface area contributed by atoms with E-state index in [1.54, 1.807) is 23.1 Å². The second kappa shape index (κ2) is 7.85. The van der Waals surface area contributed by atoms with E-state index in [4.69, 9.17) is 33.2 Å². The van der Waals surface area contributed by atoms with Crippen molar-refractivity contribution in [3.63, 3.8) is 0 Å². The Labute approximate surface area is 162 Å². The van der Waals surface area contributed by atoms with Crippen molar-refractivity contribution in [1.82, 2.24) is 4.90 Å². The number of carbonyl (C=O) groups is 2. The third kappa shape index (κ3) is 4.49. The molecule has 1 heterocycles. The SMILES string of the molecule is N#CC1(CC(=O)C2CCN(C(=O)COc3ccc(Cl)cc3Cl)CC2)CC1. The molecule has 1 aromatic carbocycles. The Hall–Kier alpha value is -1.77. The molecule has 0 radical (unpaired) electrons. The predicted molar refractivity (Wildman–Crippen MR) is 98.2 cm³/mol. The van der Waals surface area contributed by atoms with Crippen molar-refractivity contribution in [2.45, 2.75) is 32.1 Å². The molecule has 7 heteroatoms. The van der Waals surface area contributed by atoms with E-state index in [-0.39, 0.29) is 24.2 Å². The molecule has 0 unspecified atom stereocenters. The van der Waals surface area contributed by atoms with Gasteiger partial charge in [-0.15, -0.1) is 0 Å². The number of piperidine rings is 1. The highest BCUT2D eigenvalue weighted by atomic mass is 35.5. The molecule has 0 aromatic heterocycles. The molecule has 138 valence electrons. The summed E-state index contributed by atoms with van der Waals surface area (Å²) in [5, 5.41) is 9.99. The lowest BCUT2D eigenvalue weighted by atomic mass is 9.87. The summed E-state index contributed by atoms with van der Waals surface area (Å²) in [4.78, 5) is 26.4. The maximum atomic E-state index is 12.4. The fraction of sp³-hybridized carbons (Fsp3) is 0.526. The van der Waals surface area contributed by atoms with Crippen LogP contribution in [0.1, 0.15) is 32.1 Å². The molecule has 1 aliphatic carbocycles. The van der Waals surface area contributed by atoms with Crippen LogP contribution in [0.15, 0.2) is 18.2 Å². The first-order valence-corrected chi connectivity index (χ1v) is 9.48. The Morgan fingerprint density at radius 3 is 2.54 bits per heavy atom. The van der Waals surface area contributed by atoms with Gasteiger partial charge in [0.25, 0.3) is 5.91 Å².